The number of hydrogen-bond donors (Lipinski definition) is 15. The summed E-state index contributed by atoms with van der Waals surface area (Å²) in [5, 5.41) is 47.9. The van der Waals surface area contributed by atoms with Crippen LogP contribution in [0.2, 0.25) is 5.02 Å². The van der Waals surface area contributed by atoms with Crippen molar-refractivity contribution in [3.8, 4) is 0 Å². The molecule has 0 bridgehead atoms. The van der Waals surface area contributed by atoms with Gasteiger partial charge in [-0.1, -0.05) is 147 Å². The monoisotopic (exact) mass is 1540 g/mol. The van der Waals surface area contributed by atoms with Gasteiger partial charge in [-0.15, -0.1) is 0 Å². The fraction of sp³-hybridized carbons (Fsp3) is 0.405. The van der Waals surface area contributed by atoms with Gasteiger partial charge in [0.15, 0.2) is 5.96 Å². The van der Waals surface area contributed by atoms with Crippen LogP contribution in [0.25, 0.3) is 10.8 Å². The first-order valence-corrected chi connectivity index (χ1v) is 37.4. The van der Waals surface area contributed by atoms with E-state index in [-0.39, 0.29) is 88.4 Å². The lowest BCUT2D eigenvalue weighted by atomic mass is 9.99. The minimum atomic E-state index is -1.86. The molecule has 0 spiro atoms. The smallest absolute Gasteiger partial charge is 0.325 e. The average Bonchev–Trinajstić information content (AvgIpc) is 1.65. The number of anilines is 1. The van der Waals surface area contributed by atoms with Gasteiger partial charge in [0.25, 0.3) is 5.91 Å². The molecule has 3 aliphatic rings. The summed E-state index contributed by atoms with van der Waals surface area (Å²) in [5.41, 5.74) is 20.3. The number of aliphatic hydroxyl groups excluding tert-OH is 1. The van der Waals surface area contributed by atoms with Gasteiger partial charge in [-0.25, -0.2) is 14.5 Å². The molecular formula is C79H98ClN17O14. The molecule has 0 radical (unpaired) electrons. The van der Waals surface area contributed by atoms with E-state index in [4.69, 9.17) is 38.9 Å². The molecule has 14 amide bonds. The summed E-state index contributed by atoms with van der Waals surface area (Å²) in [6.45, 7) is 7.31. The second kappa shape index (κ2) is 40.2. The van der Waals surface area contributed by atoms with Gasteiger partial charge in [0.2, 0.25) is 53.2 Å². The number of nitrogens with one attached hydrogen (secondary N) is 11. The normalized spacial score (nSPS) is 17.1. The zero-order valence-corrected chi connectivity index (χ0v) is 62.9. The Bertz CT molecular complexity index is 4300. The summed E-state index contributed by atoms with van der Waals surface area (Å²) >= 11 is 6.27. The second-order valence-corrected chi connectivity index (χ2v) is 28.9. The highest BCUT2D eigenvalue weighted by Gasteiger charge is 2.46. The van der Waals surface area contributed by atoms with Gasteiger partial charge in [0, 0.05) is 75.5 Å². The number of benzene rings is 6. The number of morpholine rings is 1. The van der Waals surface area contributed by atoms with Gasteiger partial charge in [-0.3, -0.25) is 58.3 Å². The quantitative estimate of drug-likeness (QED) is 0.0114. The van der Waals surface area contributed by atoms with Crippen molar-refractivity contribution in [3.63, 3.8) is 0 Å². The molecule has 10 atom stereocenters. The van der Waals surface area contributed by atoms with E-state index in [1.807, 2.05) is 54.6 Å². The number of ether oxygens (including phenoxy) is 1. The minimum Gasteiger partial charge on any atom is -0.394 e. The van der Waals surface area contributed by atoms with E-state index in [1.165, 1.54) is 36.1 Å². The van der Waals surface area contributed by atoms with Gasteiger partial charge in [-0.05, 0) is 113 Å². The third kappa shape index (κ3) is 24.5. The summed E-state index contributed by atoms with van der Waals surface area (Å²) in [5.74, 6) is -9.08. The fourth-order valence-corrected chi connectivity index (χ4v) is 13.7. The van der Waals surface area contributed by atoms with Crippen LogP contribution in [-0.2, 0) is 91.3 Å². The van der Waals surface area contributed by atoms with Gasteiger partial charge >= 0.3 is 12.1 Å². The third-order valence-electron chi connectivity index (χ3n) is 19.5. The van der Waals surface area contributed by atoms with E-state index in [2.05, 4.69) is 58.1 Å². The van der Waals surface area contributed by atoms with Crippen LogP contribution < -0.4 is 70.4 Å². The number of hydrogen-bond acceptors (Lipinski definition) is 16. The number of rotatable bonds is 37. The fourth-order valence-electron chi connectivity index (χ4n) is 13.5. The van der Waals surface area contributed by atoms with Crippen molar-refractivity contribution in [1.29, 1.82) is 5.41 Å². The topological polar surface area (TPSA) is 466 Å². The van der Waals surface area contributed by atoms with E-state index >= 15 is 14.4 Å². The van der Waals surface area contributed by atoms with Crippen LogP contribution in [-0.4, -0.2) is 203 Å². The molecule has 2 unspecified atom stereocenters. The van der Waals surface area contributed by atoms with E-state index in [1.54, 1.807) is 80.6 Å². The Balaban J connectivity index is 0.990. The van der Waals surface area contributed by atoms with Crippen LogP contribution >= 0.6 is 11.6 Å². The predicted molar refractivity (Wildman–Crippen MR) is 414 cm³/mol. The largest absolute Gasteiger partial charge is 0.394 e. The maximum atomic E-state index is 15.4. The Labute approximate surface area is 647 Å². The number of primary amides is 2. The van der Waals surface area contributed by atoms with Gasteiger partial charge in [0.05, 0.1) is 19.8 Å². The van der Waals surface area contributed by atoms with Gasteiger partial charge < -0.3 is 85.1 Å². The zero-order valence-electron chi connectivity index (χ0n) is 62.1. The van der Waals surface area contributed by atoms with Gasteiger partial charge in [-0.2, -0.15) is 0 Å². The first-order chi connectivity index (χ1) is 53.2. The Morgan fingerprint density at radius 3 is 1.69 bits per heavy atom. The molecule has 6 aromatic carbocycles. The van der Waals surface area contributed by atoms with Crippen molar-refractivity contribution >= 4 is 105 Å². The number of likely N-dealkylation sites (tertiary alicyclic amines) is 1. The zero-order chi connectivity index (χ0) is 79.8. The molecule has 6 aromatic rings. The SMILES string of the molecule is CC(C)C[C@H](NC(=O)[C@@H](Cc1ccc(CN2CCOCC2)cc1)NC(=O)[C@H](Cc1ccc(NC(N)=O)cc1)NC(=O)[C@H](CO)NC(=O)[C@@H](Cc1ccccc1)NC(=O)C(Cc1ccc(Cl)cc1)N1C(=O)NC(Cc2ccc3ccccc3c2)C1=O)C(=O)N[C@@H](CCCNC(=N)N)C(=O)N1CCC[C@H]1C(=O)N[C@H](C)C(N)=O. The number of imide groups is 1. The average molecular weight is 1550 g/mol. The van der Waals surface area contributed by atoms with E-state index in [0.717, 1.165) is 26.8 Å². The van der Waals surface area contributed by atoms with Crippen molar-refractivity contribution < 1.29 is 67.4 Å². The summed E-state index contributed by atoms with van der Waals surface area (Å²) < 4.78 is 5.55. The second-order valence-electron chi connectivity index (χ2n) is 28.4. The number of halogens is 1. The number of nitrogens with zero attached hydrogens (tertiary/aromatic N) is 3. The van der Waals surface area contributed by atoms with Crippen LogP contribution in [0, 0.1) is 11.3 Å². The predicted octanol–water partition coefficient (Wildman–Crippen LogP) is 1.81. The molecule has 32 heteroatoms. The summed E-state index contributed by atoms with van der Waals surface area (Å²) in [6.07, 6.45) is -0.0871. The molecule has 3 fully saturated rings. The molecule has 3 saturated heterocycles. The van der Waals surface area contributed by atoms with E-state index in [0.29, 0.717) is 66.5 Å². The molecule has 590 valence electrons. The molecule has 3 aliphatic heterocycles. The van der Waals surface area contributed by atoms with Crippen molar-refractivity contribution in [1.82, 2.24) is 62.6 Å². The molecule has 9 rings (SSSR count). The number of urea groups is 2. The first kappa shape index (κ1) is 83.5. The van der Waals surface area contributed by atoms with Crippen LogP contribution in [0.5, 0.6) is 0 Å². The molecule has 111 heavy (non-hydrogen) atoms. The number of fused-ring (bicyclic) bond motifs is 1. The Hall–Kier alpha value is -11.5. The summed E-state index contributed by atoms with van der Waals surface area (Å²) in [4.78, 5) is 176. The van der Waals surface area contributed by atoms with Crippen molar-refractivity contribution in [3.05, 3.63) is 184 Å². The van der Waals surface area contributed by atoms with E-state index < -0.39 is 138 Å². The lowest BCUT2D eigenvalue weighted by molar-refractivity contribution is -0.142. The third-order valence-corrected chi connectivity index (χ3v) is 19.7. The molecule has 0 aromatic heterocycles. The number of carbonyl (C=O) groups excluding carboxylic acids is 12. The Kier molecular flexibility index (Phi) is 30.3. The highest BCUT2D eigenvalue weighted by molar-refractivity contribution is 6.30. The van der Waals surface area contributed by atoms with Gasteiger partial charge in [0.1, 0.15) is 60.4 Å². The Morgan fingerprint density at radius 2 is 1.10 bits per heavy atom. The molecular weight excluding hydrogens is 1450 g/mol. The maximum absolute atomic E-state index is 15.4. The number of nitrogens with two attached hydrogens (primary N) is 3. The van der Waals surface area contributed by atoms with Crippen LogP contribution in [0.3, 0.4) is 0 Å². The molecule has 0 saturated carbocycles. The number of carbonyl (C=O) groups is 12. The minimum absolute atomic E-state index is 0.00250. The van der Waals surface area contributed by atoms with Crippen molar-refractivity contribution in [2.75, 3.05) is 51.3 Å². The lowest BCUT2D eigenvalue weighted by Crippen LogP contribution is -2.61. The molecule has 31 nitrogen and oxygen atoms in total. The van der Waals surface area contributed by atoms with Crippen molar-refractivity contribution in [2.24, 2.45) is 23.1 Å². The van der Waals surface area contributed by atoms with Crippen LogP contribution in [0.15, 0.2) is 146 Å². The lowest BCUT2D eigenvalue weighted by Gasteiger charge is -2.31. The highest BCUT2D eigenvalue weighted by atomic mass is 35.5. The molecule has 3 heterocycles. The number of amides is 14. The summed E-state index contributed by atoms with van der Waals surface area (Å²) in [6, 6.07) is 25.8. The molecule has 0 aliphatic carbocycles. The maximum Gasteiger partial charge on any atom is 0.325 e. The van der Waals surface area contributed by atoms with Crippen LogP contribution in [0.1, 0.15) is 86.3 Å². The van der Waals surface area contributed by atoms with Crippen molar-refractivity contribution in [2.45, 2.75) is 152 Å². The summed E-state index contributed by atoms with van der Waals surface area (Å²) in [7, 11) is 0. The highest BCUT2D eigenvalue weighted by Crippen LogP contribution is 2.25. The standard InChI is InChI=1S/C79H98ClN17O14/c1-46(2)37-59(68(100)88-58(15-9-31-85-77(82)83)75(107)96-32-10-16-65(96)73(105)86-47(3)67(81)99)89-69(101)60(40-49-17-19-52(20-18-49)44-95-33-35-111-36-34-95)90-70(102)61(41-50-24-29-57(30-25-50)87-78(84)109)91-72(104)64(45-98)93-71(103)62(39-48-11-5-4-6-12-48)92-74(106)66(43-51-22-27-56(80)28-23-51)97-76(108)63(94-79(97)110)42-53-21-26-54-13-7-8-14-55(54)38-53/h4-8,11-14,17-30,38,46-47,58-66,98H,9-10,15-16,31-37,39-45H2,1-3H3,(H2,81,99)(H,86,105)(H,88,100)(H,89,101)(H,90,102)(H,91,104)(H,92,106)(H,93,103)(H,94,110)(H4,82,83,85)(H3,84,87,109)/t47-,58+,59+,60-,61+,62-,63?,64+,65+,66?/m1/s1. The number of guanidine groups is 1. The molecule has 18 N–H and O–H groups in total. The first-order valence-electron chi connectivity index (χ1n) is 37.0. The number of aliphatic hydroxyl groups is 1. The van der Waals surface area contributed by atoms with Crippen LogP contribution in [0.4, 0.5) is 15.3 Å². The Morgan fingerprint density at radius 1 is 0.586 bits per heavy atom. The van der Waals surface area contributed by atoms with E-state index in [9.17, 15) is 48.3 Å².